The van der Waals surface area contributed by atoms with Crippen molar-refractivity contribution in [3.05, 3.63) is 57.4 Å². The number of likely N-dealkylation sites (tertiary alicyclic amines) is 1. The van der Waals surface area contributed by atoms with Crippen LogP contribution in [-0.4, -0.2) is 44.9 Å². The van der Waals surface area contributed by atoms with Gasteiger partial charge >= 0.3 is 0 Å². The van der Waals surface area contributed by atoms with Gasteiger partial charge in [0.05, 0.1) is 10.9 Å². The Morgan fingerprint density at radius 2 is 2.14 bits per heavy atom. The monoisotopic (exact) mass is 427 g/mol. The molecule has 1 unspecified atom stereocenters. The summed E-state index contributed by atoms with van der Waals surface area (Å²) >= 11 is 2.45. The number of hydrogen-bond donors (Lipinski definition) is 0. The van der Waals surface area contributed by atoms with E-state index in [2.05, 4.69) is 4.98 Å². The van der Waals surface area contributed by atoms with Crippen molar-refractivity contribution in [2.45, 2.75) is 31.7 Å². The van der Waals surface area contributed by atoms with Gasteiger partial charge in [-0.15, -0.1) is 11.3 Å². The predicted molar refractivity (Wildman–Crippen MR) is 114 cm³/mol. The van der Waals surface area contributed by atoms with E-state index in [1.54, 1.807) is 12.3 Å². The van der Waals surface area contributed by atoms with Crippen LogP contribution in [-0.2, 0) is 9.59 Å². The summed E-state index contributed by atoms with van der Waals surface area (Å²) in [6.07, 6.45) is 8.35. The number of thiophene rings is 1. The maximum Gasteiger partial charge on any atom is 0.293 e. The number of aromatic nitrogens is 1. The van der Waals surface area contributed by atoms with Gasteiger partial charge in [-0.2, -0.15) is 0 Å². The molecule has 6 nitrogen and oxygen atoms in total. The van der Waals surface area contributed by atoms with Gasteiger partial charge in [0.2, 0.25) is 5.91 Å². The lowest BCUT2D eigenvalue weighted by Gasteiger charge is -2.36. The number of carbonyl (C=O) groups is 3. The number of thioether (sulfide) groups is 1. The maximum atomic E-state index is 12.9. The molecule has 2 aromatic heterocycles. The predicted octanol–water partition coefficient (Wildman–Crippen LogP) is 4.32. The van der Waals surface area contributed by atoms with Gasteiger partial charge in [0.1, 0.15) is 0 Å². The highest BCUT2D eigenvalue weighted by Gasteiger charge is 2.36. The smallest absolute Gasteiger partial charge is 0.293 e. The summed E-state index contributed by atoms with van der Waals surface area (Å²) in [6.45, 7) is 0.806. The highest BCUT2D eigenvalue weighted by molar-refractivity contribution is 8.18. The summed E-state index contributed by atoms with van der Waals surface area (Å²) in [7, 11) is 0. The molecular formula is C21H21N3O3S2. The third-order valence-electron chi connectivity index (χ3n) is 5.13. The largest absolute Gasteiger partial charge is 0.336 e. The molecule has 0 spiro atoms. The van der Waals surface area contributed by atoms with E-state index in [1.165, 1.54) is 16.2 Å². The standard InChI is InChI=1S/C21H21N3O3S2/c25-19(23-10-2-1-7-17(23)15-5-3-9-22-14-15)8-11-24-20(26)18(29-21(24)27)13-16-6-4-12-28-16/h3-6,9,12-14,17H,1-2,7-8,10-11H2. The van der Waals surface area contributed by atoms with E-state index < -0.39 is 0 Å². The molecule has 4 rings (SSSR count). The number of piperidine rings is 1. The van der Waals surface area contributed by atoms with E-state index >= 15 is 0 Å². The highest BCUT2D eigenvalue weighted by atomic mass is 32.2. The lowest BCUT2D eigenvalue weighted by Crippen LogP contribution is -2.40. The number of hydrogen-bond acceptors (Lipinski definition) is 6. The van der Waals surface area contributed by atoms with E-state index in [9.17, 15) is 14.4 Å². The van der Waals surface area contributed by atoms with E-state index in [1.807, 2.05) is 40.7 Å². The van der Waals surface area contributed by atoms with Crippen LogP contribution in [0.1, 0.15) is 42.2 Å². The minimum atomic E-state index is -0.316. The van der Waals surface area contributed by atoms with Gasteiger partial charge in [0, 0.05) is 36.8 Å². The van der Waals surface area contributed by atoms with Crippen molar-refractivity contribution in [1.82, 2.24) is 14.8 Å². The number of carbonyl (C=O) groups excluding carboxylic acids is 3. The molecule has 0 N–H and O–H groups in total. The number of amides is 3. The zero-order valence-corrected chi connectivity index (χ0v) is 17.5. The molecule has 1 atom stereocenters. The average molecular weight is 428 g/mol. The van der Waals surface area contributed by atoms with Gasteiger partial charge in [0.15, 0.2) is 0 Å². The normalized spacial score (nSPS) is 21.2. The third kappa shape index (κ3) is 4.43. The average Bonchev–Trinajstić information content (AvgIpc) is 3.35. The van der Waals surface area contributed by atoms with Crippen LogP contribution < -0.4 is 0 Å². The van der Waals surface area contributed by atoms with Crippen LogP contribution in [0.2, 0.25) is 0 Å². The molecular weight excluding hydrogens is 406 g/mol. The molecule has 2 saturated heterocycles. The topological polar surface area (TPSA) is 70.6 Å². The number of imide groups is 1. The van der Waals surface area contributed by atoms with Gasteiger partial charge in [0.25, 0.3) is 11.1 Å². The van der Waals surface area contributed by atoms with E-state index in [0.717, 1.165) is 41.5 Å². The molecule has 2 aliphatic rings. The molecule has 0 saturated carbocycles. The van der Waals surface area contributed by atoms with Crippen LogP contribution in [0.15, 0.2) is 46.9 Å². The van der Waals surface area contributed by atoms with Crippen LogP contribution in [0.5, 0.6) is 0 Å². The van der Waals surface area contributed by atoms with Crippen molar-refractivity contribution in [3.8, 4) is 0 Å². The van der Waals surface area contributed by atoms with Gasteiger partial charge in [-0.05, 0) is 60.2 Å². The first-order valence-electron chi connectivity index (χ1n) is 9.62. The van der Waals surface area contributed by atoms with Crippen molar-refractivity contribution >= 4 is 46.2 Å². The third-order valence-corrected chi connectivity index (χ3v) is 6.86. The minimum Gasteiger partial charge on any atom is -0.336 e. The van der Waals surface area contributed by atoms with Crippen LogP contribution in [0.4, 0.5) is 4.79 Å². The van der Waals surface area contributed by atoms with Crippen molar-refractivity contribution in [1.29, 1.82) is 0 Å². The van der Waals surface area contributed by atoms with Gasteiger partial charge in [-0.3, -0.25) is 24.3 Å². The van der Waals surface area contributed by atoms with Crippen molar-refractivity contribution in [2.75, 3.05) is 13.1 Å². The Balaban J connectivity index is 1.41. The molecule has 2 aliphatic heterocycles. The molecule has 29 heavy (non-hydrogen) atoms. The SMILES string of the molecule is O=C1SC(=Cc2cccs2)C(=O)N1CCC(=O)N1CCCCC1c1cccnc1. The molecule has 0 aromatic carbocycles. The first-order valence-corrected chi connectivity index (χ1v) is 11.3. The van der Waals surface area contributed by atoms with Crippen molar-refractivity contribution in [3.63, 3.8) is 0 Å². The summed E-state index contributed by atoms with van der Waals surface area (Å²) in [4.78, 5) is 46.4. The Morgan fingerprint density at radius 1 is 1.24 bits per heavy atom. The van der Waals surface area contributed by atoms with E-state index in [4.69, 9.17) is 0 Å². The molecule has 0 aliphatic carbocycles. The molecule has 150 valence electrons. The van der Waals surface area contributed by atoms with Gasteiger partial charge < -0.3 is 4.90 Å². The Bertz CT molecular complexity index is 928. The fraction of sp³-hybridized carbons (Fsp3) is 0.333. The van der Waals surface area contributed by atoms with Crippen LogP contribution >= 0.6 is 23.1 Å². The van der Waals surface area contributed by atoms with E-state index in [0.29, 0.717) is 11.4 Å². The van der Waals surface area contributed by atoms with Crippen LogP contribution in [0.3, 0.4) is 0 Å². The second kappa shape index (κ2) is 8.92. The van der Waals surface area contributed by atoms with Crippen molar-refractivity contribution < 1.29 is 14.4 Å². The Morgan fingerprint density at radius 3 is 2.90 bits per heavy atom. The Kier molecular flexibility index (Phi) is 6.10. The number of pyridine rings is 1. The van der Waals surface area contributed by atoms with Gasteiger partial charge in [-0.25, -0.2) is 0 Å². The highest BCUT2D eigenvalue weighted by Crippen LogP contribution is 2.34. The molecule has 8 heteroatoms. The lowest BCUT2D eigenvalue weighted by molar-refractivity contribution is -0.135. The summed E-state index contributed by atoms with van der Waals surface area (Å²) in [5, 5.41) is 1.61. The molecule has 2 fully saturated rings. The molecule has 3 amide bonds. The molecule has 0 radical (unpaired) electrons. The second-order valence-electron chi connectivity index (χ2n) is 6.98. The first kappa shape index (κ1) is 19.8. The van der Waals surface area contributed by atoms with Gasteiger partial charge in [-0.1, -0.05) is 12.1 Å². The molecule has 0 bridgehead atoms. The zero-order valence-electron chi connectivity index (χ0n) is 15.8. The van der Waals surface area contributed by atoms with E-state index in [-0.39, 0.29) is 36.1 Å². The summed E-state index contributed by atoms with van der Waals surface area (Å²) < 4.78 is 0. The van der Waals surface area contributed by atoms with Crippen molar-refractivity contribution in [2.24, 2.45) is 0 Å². The number of nitrogens with zero attached hydrogens (tertiary/aromatic N) is 3. The molecule has 2 aromatic rings. The Labute approximate surface area is 177 Å². The number of rotatable bonds is 5. The molecule has 4 heterocycles. The summed E-state index contributed by atoms with van der Waals surface area (Å²) in [5.41, 5.74) is 1.03. The Hall–Kier alpha value is -2.45. The lowest BCUT2D eigenvalue weighted by atomic mass is 9.96. The van der Waals surface area contributed by atoms with Crippen LogP contribution in [0, 0.1) is 0 Å². The summed E-state index contributed by atoms with van der Waals surface area (Å²) in [5.74, 6) is -0.344. The fourth-order valence-corrected chi connectivity index (χ4v) is 5.28. The zero-order chi connectivity index (χ0) is 20.2. The van der Waals surface area contributed by atoms with Crippen LogP contribution in [0.25, 0.3) is 6.08 Å². The summed E-state index contributed by atoms with van der Waals surface area (Å²) in [6, 6.07) is 7.69. The minimum absolute atomic E-state index is 0.0126. The second-order valence-corrected chi connectivity index (χ2v) is 8.96. The first-order chi connectivity index (χ1) is 14.1. The fourth-order valence-electron chi connectivity index (χ4n) is 3.70. The maximum absolute atomic E-state index is 12.9. The quantitative estimate of drug-likeness (QED) is 0.665.